The summed E-state index contributed by atoms with van der Waals surface area (Å²) in [6, 6.07) is 8.15. The van der Waals surface area contributed by atoms with Gasteiger partial charge in [-0.3, -0.25) is 9.69 Å². The lowest BCUT2D eigenvalue weighted by Crippen LogP contribution is -2.52. The Labute approximate surface area is 137 Å². The SMILES string of the molecule is CCN1CCN(C(C)CNC(=O)c2ccc3cc[nH]c3c2)CC1. The van der Waals surface area contributed by atoms with E-state index in [-0.39, 0.29) is 5.91 Å². The van der Waals surface area contributed by atoms with Gasteiger partial charge in [-0.1, -0.05) is 13.0 Å². The van der Waals surface area contributed by atoms with E-state index in [4.69, 9.17) is 0 Å². The summed E-state index contributed by atoms with van der Waals surface area (Å²) in [5.74, 6) is 0.000504. The molecule has 1 amide bonds. The van der Waals surface area contributed by atoms with Crippen LogP contribution in [0.3, 0.4) is 0 Å². The third-order valence-electron chi connectivity index (χ3n) is 4.85. The number of carbonyl (C=O) groups excluding carboxylic acids is 1. The molecule has 3 rings (SSSR count). The topological polar surface area (TPSA) is 51.4 Å². The number of piperazine rings is 1. The lowest BCUT2D eigenvalue weighted by atomic mass is 10.1. The molecule has 2 N–H and O–H groups in total. The number of aromatic amines is 1. The zero-order valence-electron chi connectivity index (χ0n) is 14.0. The molecule has 1 aliphatic rings. The van der Waals surface area contributed by atoms with Crippen LogP contribution in [0.15, 0.2) is 30.5 Å². The van der Waals surface area contributed by atoms with E-state index in [1.54, 1.807) is 0 Å². The minimum Gasteiger partial charge on any atom is -0.361 e. The first-order chi connectivity index (χ1) is 11.2. The maximum atomic E-state index is 12.3. The average molecular weight is 314 g/mol. The number of hydrogen-bond acceptors (Lipinski definition) is 3. The van der Waals surface area contributed by atoms with E-state index in [0.29, 0.717) is 18.2 Å². The fourth-order valence-electron chi connectivity index (χ4n) is 3.18. The molecule has 1 saturated heterocycles. The van der Waals surface area contributed by atoms with Crippen LogP contribution in [0.4, 0.5) is 0 Å². The standard InChI is InChI=1S/C18H26N4O/c1-3-21-8-10-22(11-9-21)14(2)13-20-18(23)16-5-4-15-6-7-19-17(15)12-16/h4-7,12,14,19H,3,8-11,13H2,1-2H3,(H,20,23). The summed E-state index contributed by atoms with van der Waals surface area (Å²) in [5, 5.41) is 4.20. The smallest absolute Gasteiger partial charge is 0.251 e. The van der Waals surface area contributed by atoms with Gasteiger partial charge in [0.05, 0.1) is 0 Å². The highest BCUT2D eigenvalue weighted by Gasteiger charge is 2.20. The maximum absolute atomic E-state index is 12.3. The summed E-state index contributed by atoms with van der Waals surface area (Å²) >= 11 is 0. The summed E-state index contributed by atoms with van der Waals surface area (Å²) in [6.07, 6.45) is 1.89. The molecule has 0 aliphatic carbocycles. The highest BCUT2D eigenvalue weighted by molar-refractivity contribution is 5.97. The first-order valence-electron chi connectivity index (χ1n) is 8.49. The Balaban J connectivity index is 1.52. The van der Waals surface area contributed by atoms with E-state index in [0.717, 1.165) is 43.6 Å². The van der Waals surface area contributed by atoms with Gasteiger partial charge in [0, 0.05) is 56.0 Å². The van der Waals surface area contributed by atoms with Gasteiger partial charge in [-0.05, 0) is 37.1 Å². The molecule has 1 atom stereocenters. The molecule has 0 spiro atoms. The molecule has 2 aromatic rings. The highest BCUT2D eigenvalue weighted by atomic mass is 16.1. The van der Waals surface area contributed by atoms with E-state index in [1.165, 1.54) is 0 Å². The molecule has 0 bridgehead atoms. The van der Waals surface area contributed by atoms with Crippen molar-refractivity contribution in [3.63, 3.8) is 0 Å². The zero-order valence-corrected chi connectivity index (χ0v) is 14.0. The van der Waals surface area contributed by atoms with Crippen LogP contribution in [-0.2, 0) is 0 Å². The molecule has 5 nitrogen and oxygen atoms in total. The quantitative estimate of drug-likeness (QED) is 0.886. The normalized spacial score (nSPS) is 18.2. The van der Waals surface area contributed by atoms with Crippen molar-refractivity contribution in [3.8, 4) is 0 Å². The maximum Gasteiger partial charge on any atom is 0.251 e. The number of hydrogen-bond donors (Lipinski definition) is 2. The number of nitrogens with zero attached hydrogens (tertiary/aromatic N) is 2. The molecule has 0 radical (unpaired) electrons. The number of amides is 1. The summed E-state index contributed by atoms with van der Waals surface area (Å²) in [6.45, 7) is 10.6. The Kier molecular flexibility index (Phi) is 4.98. The Morgan fingerprint density at radius 1 is 1.26 bits per heavy atom. The van der Waals surface area contributed by atoms with Crippen LogP contribution in [0.5, 0.6) is 0 Å². The van der Waals surface area contributed by atoms with Crippen LogP contribution in [0.25, 0.3) is 10.9 Å². The first kappa shape index (κ1) is 16.0. The van der Waals surface area contributed by atoms with Crippen LogP contribution >= 0.6 is 0 Å². The molecular weight excluding hydrogens is 288 g/mol. The fraction of sp³-hybridized carbons (Fsp3) is 0.500. The zero-order chi connectivity index (χ0) is 16.2. The van der Waals surface area contributed by atoms with Gasteiger partial charge in [0.25, 0.3) is 5.91 Å². The van der Waals surface area contributed by atoms with Crippen LogP contribution in [0.1, 0.15) is 24.2 Å². The molecule has 1 aliphatic heterocycles. The minimum atomic E-state index is 0.000504. The minimum absolute atomic E-state index is 0.000504. The number of benzene rings is 1. The van der Waals surface area contributed by atoms with Gasteiger partial charge in [0.15, 0.2) is 0 Å². The van der Waals surface area contributed by atoms with Gasteiger partial charge in [-0.15, -0.1) is 0 Å². The van der Waals surface area contributed by atoms with Crippen LogP contribution in [0, 0.1) is 0 Å². The van der Waals surface area contributed by atoms with Gasteiger partial charge < -0.3 is 15.2 Å². The molecule has 1 aromatic carbocycles. The second-order valence-electron chi connectivity index (χ2n) is 6.31. The van der Waals surface area contributed by atoms with Crippen molar-refractivity contribution < 1.29 is 4.79 Å². The number of aromatic nitrogens is 1. The van der Waals surface area contributed by atoms with E-state index in [1.807, 2.05) is 30.5 Å². The molecule has 1 fully saturated rings. The monoisotopic (exact) mass is 314 g/mol. The highest BCUT2D eigenvalue weighted by Crippen LogP contribution is 2.14. The third kappa shape index (κ3) is 3.74. The van der Waals surface area contributed by atoms with Crippen LogP contribution in [0.2, 0.25) is 0 Å². The lowest BCUT2D eigenvalue weighted by molar-refractivity contribution is 0.0883. The molecule has 2 heterocycles. The molecule has 0 saturated carbocycles. The van der Waals surface area contributed by atoms with Crippen molar-refractivity contribution in [2.75, 3.05) is 39.3 Å². The predicted octanol–water partition coefficient (Wildman–Crippen LogP) is 1.92. The summed E-state index contributed by atoms with van der Waals surface area (Å²) < 4.78 is 0. The predicted molar refractivity (Wildman–Crippen MR) is 93.8 cm³/mol. The number of nitrogens with one attached hydrogen (secondary N) is 2. The van der Waals surface area contributed by atoms with E-state index in [2.05, 4.69) is 33.9 Å². The number of fused-ring (bicyclic) bond motifs is 1. The van der Waals surface area contributed by atoms with E-state index < -0.39 is 0 Å². The van der Waals surface area contributed by atoms with Gasteiger partial charge in [-0.2, -0.15) is 0 Å². The average Bonchev–Trinajstić information content (AvgIpc) is 3.07. The molecular formula is C18H26N4O. The Bertz CT molecular complexity index is 658. The molecule has 124 valence electrons. The fourth-order valence-corrected chi connectivity index (χ4v) is 3.18. The largest absolute Gasteiger partial charge is 0.361 e. The van der Waals surface area contributed by atoms with Crippen molar-refractivity contribution in [2.45, 2.75) is 19.9 Å². The summed E-state index contributed by atoms with van der Waals surface area (Å²) in [5.41, 5.74) is 1.71. The van der Waals surface area contributed by atoms with E-state index >= 15 is 0 Å². The van der Waals surface area contributed by atoms with Gasteiger partial charge in [0.2, 0.25) is 0 Å². The van der Waals surface area contributed by atoms with Crippen LogP contribution < -0.4 is 5.32 Å². The van der Waals surface area contributed by atoms with Crippen molar-refractivity contribution >= 4 is 16.8 Å². The second-order valence-corrected chi connectivity index (χ2v) is 6.31. The van der Waals surface area contributed by atoms with Crippen molar-refractivity contribution in [3.05, 3.63) is 36.0 Å². The van der Waals surface area contributed by atoms with Gasteiger partial charge >= 0.3 is 0 Å². The van der Waals surface area contributed by atoms with Gasteiger partial charge in [-0.25, -0.2) is 0 Å². The second kappa shape index (κ2) is 7.15. The number of likely N-dealkylation sites (N-methyl/N-ethyl adjacent to an activating group) is 1. The van der Waals surface area contributed by atoms with E-state index in [9.17, 15) is 4.79 Å². The number of rotatable bonds is 5. The Morgan fingerprint density at radius 3 is 2.78 bits per heavy atom. The van der Waals surface area contributed by atoms with Crippen molar-refractivity contribution in [1.82, 2.24) is 20.1 Å². The Hall–Kier alpha value is -1.85. The molecule has 5 heteroatoms. The first-order valence-corrected chi connectivity index (χ1v) is 8.49. The molecule has 23 heavy (non-hydrogen) atoms. The number of carbonyl (C=O) groups is 1. The lowest BCUT2D eigenvalue weighted by Gasteiger charge is -2.37. The summed E-state index contributed by atoms with van der Waals surface area (Å²) in [4.78, 5) is 20.4. The summed E-state index contributed by atoms with van der Waals surface area (Å²) in [7, 11) is 0. The Morgan fingerprint density at radius 2 is 2.04 bits per heavy atom. The van der Waals surface area contributed by atoms with Crippen molar-refractivity contribution in [1.29, 1.82) is 0 Å². The van der Waals surface area contributed by atoms with Crippen LogP contribution in [-0.4, -0.2) is 66.0 Å². The molecule has 1 unspecified atom stereocenters. The molecule has 1 aromatic heterocycles. The third-order valence-corrected chi connectivity index (χ3v) is 4.85. The van der Waals surface area contributed by atoms with Gasteiger partial charge in [0.1, 0.15) is 0 Å². The van der Waals surface area contributed by atoms with Crippen molar-refractivity contribution in [2.24, 2.45) is 0 Å². The number of H-pyrrole nitrogens is 1.